The Balaban J connectivity index is 1.28. The Bertz CT molecular complexity index is 878. The molecule has 0 aromatic heterocycles. The van der Waals surface area contributed by atoms with Crippen molar-refractivity contribution in [2.75, 3.05) is 66.6 Å². The number of phenolic OH excluding ortho intramolecular Hbond substituents is 2. The SMILES string of the molecule is COc1cccc(C=NCCCN2CCN(CCCN=Cc3cccc(OC)c3O)CC2)c1O. The number of aromatic hydroxyl groups is 2. The highest BCUT2D eigenvalue weighted by molar-refractivity contribution is 5.85. The fourth-order valence-electron chi connectivity index (χ4n) is 3.95. The van der Waals surface area contributed by atoms with E-state index in [1.165, 1.54) is 0 Å². The van der Waals surface area contributed by atoms with E-state index in [-0.39, 0.29) is 11.5 Å². The molecule has 2 aromatic carbocycles. The van der Waals surface area contributed by atoms with Crippen LogP contribution < -0.4 is 9.47 Å². The van der Waals surface area contributed by atoms with Gasteiger partial charge in [0.05, 0.1) is 14.2 Å². The van der Waals surface area contributed by atoms with Crippen LogP contribution in [0, 0.1) is 0 Å². The quantitative estimate of drug-likeness (QED) is 0.368. The molecule has 1 aliphatic heterocycles. The number of hydrogen-bond donors (Lipinski definition) is 2. The van der Waals surface area contributed by atoms with Crippen LogP contribution in [0.5, 0.6) is 23.0 Å². The standard InChI is InChI=1S/C26H36N4O4/c1-33-23-9-3-7-21(25(23)31)19-27-11-5-13-29-15-17-30(18-16-29)14-6-12-28-20-22-8-4-10-24(34-2)26(22)32/h3-4,7-10,19-20,31-32H,5-6,11-18H2,1-2H3. The molecule has 1 heterocycles. The lowest BCUT2D eigenvalue weighted by atomic mass is 10.2. The Labute approximate surface area is 202 Å². The van der Waals surface area contributed by atoms with E-state index < -0.39 is 0 Å². The van der Waals surface area contributed by atoms with Crippen LogP contribution in [0.4, 0.5) is 0 Å². The highest BCUT2D eigenvalue weighted by Crippen LogP contribution is 2.28. The van der Waals surface area contributed by atoms with Crippen molar-refractivity contribution in [3.05, 3.63) is 47.5 Å². The van der Waals surface area contributed by atoms with E-state index in [9.17, 15) is 10.2 Å². The molecule has 0 amide bonds. The Hall–Kier alpha value is -3.10. The first-order valence-corrected chi connectivity index (χ1v) is 11.8. The first-order chi connectivity index (χ1) is 16.6. The lowest BCUT2D eigenvalue weighted by Gasteiger charge is -2.34. The molecule has 0 bridgehead atoms. The minimum Gasteiger partial charge on any atom is -0.504 e. The zero-order valence-corrected chi connectivity index (χ0v) is 20.2. The van der Waals surface area contributed by atoms with Crippen LogP contribution in [0.3, 0.4) is 0 Å². The summed E-state index contributed by atoms with van der Waals surface area (Å²) in [6.07, 6.45) is 5.42. The summed E-state index contributed by atoms with van der Waals surface area (Å²) in [6, 6.07) is 10.8. The van der Waals surface area contributed by atoms with E-state index in [4.69, 9.17) is 9.47 Å². The van der Waals surface area contributed by atoms with Crippen molar-refractivity contribution >= 4 is 12.4 Å². The lowest BCUT2D eigenvalue weighted by molar-refractivity contribution is 0.131. The molecule has 0 radical (unpaired) electrons. The maximum atomic E-state index is 10.1. The molecule has 8 heteroatoms. The van der Waals surface area contributed by atoms with E-state index in [0.717, 1.165) is 65.2 Å². The summed E-state index contributed by atoms with van der Waals surface area (Å²) >= 11 is 0. The van der Waals surface area contributed by atoms with Crippen molar-refractivity contribution in [3.8, 4) is 23.0 Å². The number of phenols is 2. The van der Waals surface area contributed by atoms with E-state index >= 15 is 0 Å². The summed E-state index contributed by atoms with van der Waals surface area (Å²) < 4.78 is 10.3. The zero-order valence-electron chi connectivity index (χ0n) is 20.2. The molecular formula is C26H36N4O4. The molecule has 0 unspecified atom stereocenters. The second-order valence-corrected chi connectivity index (χ2v) is 8.26. The largest absolute Gasteiger partial charge is 0.504 e. The van der Waals surface area contributed by atoms with Gasteiger partial charge in [0, 0.05) is 62.8 Å². The molecule has 0 saturated carbocycles. The van der Waals surface area contributed by atoms with Gasteiger partial charge in [0.25, 0.3) is 0 Å². The van der Waals surface area contributed by atoms with Crippen molar-refractivity contribution in [2.45, 2.75) is 12.8 Å². The van der Waals surface area contributed by atoms with Gasteiger partial charge in [-0.3, -0.25) is 9.98 Å². The molecule has 1 fully saturated rings. The second kappa shape index (κ2) is 13.6. The smallest absolute Gasteiger partial charge is 0.166 e. The third-order valence-electron chi connectivity index (χ3n) is 5.95. The fourth-order valence-corrected chi connectivity index (χ4v) is 3.95. The maximum absolute atomic E-state index is 10.1. The summed E-state index contributed by atoms with van der Waals surface area (Å²) in [5.74, 6) is 1.19. The lowest BCUT2D eigenvalue weighted by Crippen LogP contribution is -2.46. The highest BCUT2D eigenvalue weighted by atomic mass is 16.5. The van der Waals surface area contributed by atoms with Gasteiger partial charge < -0.3 is 29.5 Å². The van der Waals surface area contributed by atoms with Gasteiger partial charge in [0.1, 0.15) is 0 Å². The number of hydrogen-bond acceptors (Lipinski definition) is 8. The van der Waals surface area contributed by atoms with Gasteiger partial charge in [0.2, 0.25) is 0 Å². The number of benzene rings is 2. The Morgan fingerprint density at radius 2 is 1.15 bits per heavy atom. The molecule has 8 nitrogen and oxygen atoms in total. The Morgan fingerprint density at radius 1 is 0.735 bits per heavy atom. The molecule has 2 N–H and O–H groups in total. The third-order valence-corrected chi connectivity index (χ3v) is 5.95. The fraction of sp³-hybridized carbons (Fsp3) is 0.462. The van der Waals surface area contributed by atoms with Gasteiger partial charge >= 0.3 is 0 Å². The van der Waals surface area contributed by atoms with Gasteiger partial charge in [-0.25, -0.2) is 0 Å². The minimum atomic E-state index is 0.133. The number of ether oxygens (including phenoxy) is 2. The zero-order chi connectivity index (χ0) is 24.2. The van der Waals surface area contributed by atoms with Crippen LogP contribution in [0.1, 0.15) is 24.0 Å². The number of rotatable bonds is 12. The number of aliphatic imine (C=N–C) groups is 2. The van der Waals surface area contributed by atoms with Gasteiger partial charge in [0.15, 0.2) is 23.0 Å². The van der Waals surface area contributed by atoms with Gasteiger partial charge in [-0.05, 0) is 50.2 Å². The van der Waals surface area contributed by atoms with Crippen molar-refractivity contribution in [1.29, 1.82) is 0 Å². The molecule has 34 heavy (non-hydrogen) atoms. The van der Waals surface area contributed by atoms with Crippen molar-refractivity contribution in [3.63, 3.8) is 0 Å². The van der Waals surface area contributed by atoms with Crippen molar-refractivity contribution in [1.82, 2.24) is 9.80 Å². The van der Waals surface area contributed by atoms with Crippen LogP contribution in [0.15, 0.2) is 46.4 Å². The van der Waals surface area contributed by atoms with Crippen LogP contribution in [-0.2, 0) is 0 Å². The maximum Gasteiger partial charge on any atom is 0.166 e. The summed E-state index contributed by atoms with van der Waals surface area (Å²) in [5.41, 5.74) is 1.36. The molecule has 1 aliphatic rings. The summed E-state index contributed by atoms with van der Waals surface area (Å²) in [7, 11) is 3.08. The second-order valence-electron chi connectivity index (χ2n) is 8.26. The molecule has 0 aliphatic carbocycles. The number of para-hydroxylation sites is 2. The van der Waals surface area contributed by atoms with E-state index in [0.29, 0.717) is 22.6 Å². The summed E-state index contributed by atoms with van der Waals surface area (Å²) in [5, 5.41) is 20.2. The number of nitrogens with zero attached hydrogens (tertiary/aromatic N) is 4. The molecule has 184 valence electrons. The predicted octanol–water partition coefficient (Wildman–Crippen LogP) is 3.05. The molecular weight excluding hydrogens is 432 g/mol. The monoisotopic (exact) mass is 468 g/mol. The van der Waals surface area contributed by atoms with Crippen LogP contribution in [0.25, 0.3) is 0 Å². The van der Waals surface area contributed by atoms with E-state index in [1.807, 2.05) is 24.3 Å². The molecule has 1 saturated heterocycles. The van der Waals surface area contributed by atoms with Crippen molar-refractivity contribution < 1.29 is 19.7 Å². The topological polar surface area (TPSA) is 90.1 Å². The Kier molecular flexibility index (Phi) is 10.2. The van der Waals surface area contributed by atoms with Gasteiger partial charge in [-0.2, -0.15) is 0 Å². The van der Waals surface area contributed by atoms with Crippen LogP contribution in [0.2, 0.25) is 0 Å². The van der Waals surface area contributed by atoms with Gasteiger partial charge in [-0.15, -0.1) is 0 Å². The summed E-state index contributed by atoms with van der Waals surface area (Å²) in [4.78, 5) is 13.9. The van der Waals surface area contributed by atoms with Crippen LogP contribution in [-0.4, -0.2) is 99.0 Å². The summed E-state index contributed by atoms with van der Waals surface area (Å²) in [6.45, 7) is 7.81. The average Bonchev–Trinajstić information content (AvgIpc) is 2.86. The minimum absolute atomic E-state index is 0.133. The highest BCUT2D eigenvalue weighted by Gasteiger charge is 2.15. The average molecular weight is 469 g/mol. The van der Waals surface area contributed by atoms with E-state index in [2.05, 4.69) is 19.8 Å². The molecule has 2 aromatic rings. The first kappa shape index (κ1) is 25.5. The number of methoxy groups -OCH3 is 2. The van der Waals surface area contributed by atoms with Crippen molar-refractivity contribution in [2.24, 2.45) is 9.98 Å². The first-order valence-electron chi connectivity index (χ1n) is 11.8. The van der Waals surface area contributed by atoms with Crippen LogP contribution >= 0.6 is 0 Å². The van der Waals surface area contributed by atoms with E-state index in [1.54, 1.807) is 38.8 Å². The third kappa shape index (κ3) is 7.46. The number of piperazine rings is 1. The molecule has 0 spiro atoms. The Morgan fingerprint density at radius 3 is 1.53 bits per heavy atom. The molecule has 3 rings (SSSR count). The van der Waals surface area contributed by atoms with Gasteiger partial charge in [-0.1, -0.05) is 12.1 Å². The molecule has 0 atom stereocenters. The normalized spacial score (nSPS) is 15.4. The predicted molar refractivity (Wildman–Crippen MR) is 136 cm³/mol.